The molecular formula is C13H11Cl2OP. The summed E-state index contributed by atoms with van der Waals surface area (Å²) < 4.78 is 12.0. The summed E-state index contributed by atoms with van der Waals surface area (Å²) in [6, 6.07) is 18.9. The lowest BCUT2D eigenvalue weighted by atomic mass is 10.0. The molecule has 0 atom stereocenters. The van der Waals surface area contributed by atoms with E-state index in [1.54, 1.807) is 0 Å². The molecule has 2 aromatic carbocycles. The number of hydrogen-bond acceptors (Lipinski definition) is 1. The summed E-state index contributed by atoms with van der Waals surface area (Å²) >= 11 is 11.8. The summed E-state index contributed by atoms with van der Waals surface area (Å²) in [5.74, 6) is -3.28. The summed E-state index contributed by atoms with van der Waals surface area (Å²) in [6.45, 7) is 0. The Morgan fingerprint density at radius 2 is 1.12 bits per heavy atom. The van der Waals surface area contributed by atoms with Gasteiger partial charge in [-0.05, 0) is 33.6 Å². The molecule has 2 rings (SSSR count). The first-order chi connectivity index (χ1) is 8.09. The van der Waals surface area contributed by atoms with E-state index in [9.17, 15) is 4.57 Å². The minimum atomic E-state index is -3.28. The molecule has 4 heteroatoms. The van der Waals surface area contributed by atoms with Crippen molar-refractivity contribution in [3.05, 3.63) is 71.8 Å². The van der Waals surface area contributed by atoms with Crippen LogP contribution in [-0.4, -0.2) is 0 Å². The molecular weight excluding hydrogens is 274 g/mol. The first-order valence-electron chi connectivity index (χ1n) is 5.18. The van der Waals surface area contributed by atoms with Crippen LogP contribution in [0.5, 0.6) is 0 Å². The summed E-state index contributed by atoms with van der Waals surface area (Å²) in [7, 11) is 0. The predicted octanol–water partition coefficient (Wildman–Crippen LogP) is 5.45. The molecule has 0 saturated heterocycles. The fourth-order valence-electron chi connectivity index (χ4n) is 1.81. The van der Waals surface area contributed by atoms with Gasteiger partial charge in [0, 0.05) is 0 Å². The molecule has 17 heavy (non-hydrogen) atoms. The number of benzene rings is 2. The molecule has 0 amide bonds. The molecule has 0 heterocycles. The summed E-state index contributed by atoms with van der Waals surface area (Å²) in [5.41, 5.74) is 1.27. The van der Waals surface area contributed by atoms with Crippen molar-refractivity contribution in [2.45, 2.75) is 5.66 Å². The Morgan fingerprint density at radius 1 is 0.765 bits per heavy atom. The van der Waals surface area contributed by atoms with Crippen LogP contribution in [0, 0.1) is 0 Å². The third-order valence-corrected chi connectivity index (χ3v) is 4.90. The van der Waals surface area contributed by atoms with Gasteiger partial charge in [0.1, 0.15) is 0 Å². The van der Waals surface area contributed by atoms with Crippen molar-refractivity contribution in [3.63, 3.8) is 0 Å². The standard InChI is InChI=1S/C13H11Cl2OP/c14-17(15,16)13(11-7-3-1-4-8-11)12-9-5-2-6-10-12/h1-10,13H. The monoisotopic (exact) mass is 284 g/mol. The fraction of sp³-hybridized carbons (Fsp3) is 0.0769. The molecule has 2 aromatic rings. The summed E-state index contributed by atoms with van der Waals surface area (Å²) in [6.07, 6.45) is 0. The lowest BCUT2D eigenvalue weighted by molar-refractivity contribution is 0.588. The fourth-order valence-corrected chi connectivity index (χ4v) is 4.20. The second-order valence-electron chi connectivity index (χ2n) is 3.73. The van der Waals surface area contributed by atoms with E-state index in [1.165, 1.54) is 0 Å². The van der Waals surface area contributed by atoms with Gasteiger partial charge in [-0.3, -0.25) is 4.57 Å². The van der Waals surface area contributed by atoms with Gasteiger partial charge in [0.2, 0.25) is 0 Å². The van der Waals surface area contributed by atoms with E-state index in [1.807, 2.05) is 60.7 Å². The molecule has 0 bridgehead atoms. The van der Waals surface area contributed by atoms with E-state index in [0.717, 1.165) is 11.1 Å². The second-order valence-corrected chi connectivity index (χ2v) is 8.78. The van der Waals surface area contributed by atoms with Crippen molar-refractivity contribution < 1.29 is 4.57 Å². The minimum Gasteiger partial charge on any atom is -0.288 e. The largest absolute Gasteiger partial charge is 0.288 e. The Hall–Kier alpha value is -0.750. The Balaban J connectivity index is 2.52. The van der Waals surface area contributed by atoms with Crippen molar-refractivity contribution in [2.24, 2.45) is 0 Å². The molecule has 0 radical (unpaired) electrons. The zero-order valence-electron chi connectivity index (χ0n) is 8.96. The topological polar surface area (TPSA) is 17.1 Å². The third-order valence-electron chi connectivity index (χ3n) is 2.53. The molecule has 0 N–H and O–H groups in total. The van der Waals surface area contributed by atoms with Crippen molar-refractivity contribution in [3.8, 4) is 0 Å². The third kappa shape index (κ3) is 3.13. The quantitative estimate of drug-likeness (QED) is 0.685. The van der Waals surface area contributed by atoms with Crippen LogP contribution in [0.4, 0.5) is 0 Å². The molecule has 0 aliphatic carbocycles. The summed E-state index contributed by atoms with van der Waals surface area (Å²) in [5, 5.41) is 0. The Morgan fingerprint density at radius 3 is 1.41 bits per heavy atom. The Bertz CT molecular complexity index is 482. The first-order valence-corrected chi connectivity index (χ1v) is 8.76. The average Bonchev–Trinajstić information content (AvgIpc) is 2.30. The smallest absolute Gasteiger partial charge is 0.264 e. The van der Waals surface area contributed by atoms with Gasteiger partial charge in [0.25, 0.3) is 5.85 Å². The van der Waals surface area contributed by atoms with Gasteiger partial charge in [-0.15, -0.1) is 0 Å². The van der Waals surface area contributed by atoms with Crippen molar-refractivity contribution in [2.75, 3.05) is 0 Å². The molecule has 0 saturated carbocycles. The highest BCUT2D eigenvalue weighted by Crippen LogP contribution is 2.69. The highest BCUT2D eigenvalue weighted by Gasteiger charge is 2.31. The van der Waals surface area contributed by atoms with Crippen LogP contribution in [0.1, 0.15) is 16.8 Å². The molecule has 1 nitrogen and oxygen atoms in total. The van der Waals surface area contributed by atoms with Gasteiger partial charge in [0.15, 0.2) is 0 Å². The number of halogens is 2. The maximum absolute atomic E-state index is 12.0. The van der Waals surface area contributed by atoms with E-state index in [4.69, 9.17) is 22.5 Å². The van der Waals surface area contributed by atoms with Crippen LogP contribution < -0.4 is 0 Å². The SMILES string of the molecule is O=P(Cl)(Cl)C(c1ccccc1)c1ccccc1. The van der Waals surface area contributed by atoms with Crippen LogP contribution in [0.25, 0.3) is 0 Å². The van der Waals surface area contributed by atoms with E-state index in [-0.39, 0.29) is 0 Å². The molecule has 0 fully saturated rings. The maximum atomic E-state index is 12.0. The summed E-state index contributed by atoms with van der Waals surface area (Å²) in [4.78, 5) is 0. The van der Waals surface area contributed by atoms with E-state index >= 15 is 0 Å². The van der Waals surface area contributed by atoms with Gasteiger partial charge >= 0.3 is 0 Å². The van der Waals surface area contributed by atoms with Gasteiger partial charge in [-0.2, -0.15) is 0 Å². The average molecular weight is 285 g/mol. The molecule has 0 aromatic heterocycles. The molecule has 0 aliphatic rings. The lowest BCUT2D eigenvalue weighted by Crippen LogP contribution is -1.96. The number of hydrogen-bond donors (Lipinski definition) is 0. The zero-order valence-corrected chi connectivity index (χ0v) is 11.4. The van der Waals surface area contributed by atoms with Gasteiger partial charge < -0.3 is 0 Å². The van der Waals surface area contributed by atoms with E-state index in [2.05, 4.69) is 0 Å². The number of rotatable bonds is 3. The Labute approximate surface area is 110 Å². The first kappa shape index (κ1) is 12.7. The van der Waals surface area contributed by atoms with Crippen LogP contribution in [-0.2, 0) is 4.57 Å². The van der Waals surface area contributed by atoms with Crippen LogP contribution in [0.15, 0.2) is 60.7 Å². The van der Waals surface area contributed by atoms with Crippen LogP contribution in [0.2, 0.25) is 0 Å². The van der Waals surface area contributed by atoms with E-state index in [0.29, 0.717) is 0 Å². The zero-order chi connectivity index (χ0) is 12.3. The highest BCUT2D eigenvalue weighted by atomic mass is 35.9. The van der Waals surface area contributed by atoms with Gasteiger partial charge in [0.05, 0.1) is 5.66 Å². The van der Waals surface area contributed by atoms with Crippen molar-refractivity contribution in [1.82, 2.24) is 0 Å². The maximum Gasteiger partial charge on any atom is 0.264 e. The van der Waals surface area contributed by atoms with Gasteiger partial charge in [-0.1, -0.05) is 60.7 Å². The van der Waals surface area contributed by atoms with E-state index < -0.39 is 11.5 Å². The Kier molecular flexibility index (Phi) is 3.93. The highest BCUT2D eigenvalue weighted by molar-refractivity contribution is 8.08. The van der Waals surface area contributed by atoms with Crippen molar-refractivity contribution in [1.29, 1.82) is 0 Å². The van der Waals surface area contributed by atoms with Gasteiger partial charge in [-0.25, -0.2) is 0 Å². The minimum absolute atomic E-state index is 0.465. The van der Waals surface area contributed by atoms with Crippen LogP contribution >= 0.6 is 28.3 Å². The molecule has 0 unspecified atom stereocenters. The molecule has 0 aliphatic heterocycles. The lowest BCUT2D eigenvalue weighted by Gasteiger charge is -2.18. The van der Waals surface area contributed by atoms with Crippen molar-refractivity contribution >= 4 is 28.3 Å². The predicted molar refractivity (Wildman–Crippen MR) is 74.0 cm³/mol. The molecule has 88 valence electrons. The van der Waals surface area contributed by atoms with Crippen LogP contribution in [0.3, 0.4) is 0 Å². The molecule has 0 spiro atoms. The second kappa shape index (κ2) is 5.27. The normalized spacial score (nSPS) is 11.7.